The second-order valence-electron chi connectivity index (χ2n) is 17.3. The Kier molecular flexibility index (Phi) is 42.7. The Balaban J connectivity index is 4.35. The predicted octanol–water partition coefficient (Wildman–Crippen LogP) is 14.4. The van der Waals surface area contributed by atoms with Crippen molar-refractivity contribution in [2.45, 2.75) is 187 Å². The number of carbonyl (C=O) groups excluding carboxylic acids is 2. The Bertz CT molecular complexity index is 1410. The van der Waals surface area contributed by atoms with E-state index in [1.54, 1.807) is 0 Å². The van der Waals surface area contributed by atoms with E-state index in [1.165, 1.54) is 44.9 Å². The third-order valence-corrected chi connectivity index (χ3v) is 10.4. The van der Waals surface area contributed by atoms with Crippen molar-refractivity contribution in [3.8, 4) is 0 Å². The largest absolute Gasteiger partial charge is 0.477 e. The summed E-state index contributed by atoms with van der Waals surface area (Å²) in [6.07, 6.45) is 62.9. The van der Waals surface area contributed by atoms with E-state index >= 15 is 0 Å². The lowest BCUT2D eigenvalue weighted by atomic mass is 10.0. The summed E-state index contributed by atoms with van der Waals surface area (Å²) in [6, 6.07) is -0.631. The van der Waals surface area contributed by atoms with Crippen LogP contribution in [0.1, 0.15) is 174 Å². The van der Waals surface area contributed by atoms with Gasteiger partial charge in [0.1, 0.15) is 6.61 Å². The molecular weight excluding hydrogens is 799 g/mol. The number of hydrogen-bond acceptors (Lipinski definition) is 6. The molecule has 1 N–H and O–H groups in total. The second-order valence-corrected chi connectivity index (χ2v) is 17.3. The lowest BCUT2D eigenvalue weighted by Gasteiger charge is -2.31. The van der Waals surface area contributed by atoms with Crippen LogP contribution in [0.25, 0.3) is 0 Å². The van der Waals surface area contributed by atoms with Crippen molar-refractivity contribution in [1.82, 2.24) is 0 Å². The number of carboxylic acids is 1. The molecule has 8 heteroatoms. The molecule has 0 heterocycles. The highest BCUT2D eigenvalue weighted by Crippen LogP contribution is 2.14. The number of carbonyl (C=O) groups is 3. The van der Waals surface area contributed by atoms with Crippen LogP contribution in [0.15, 0.2) is 109 Å². The lowest BCUT2D eigenvalue weighted by molar-refractivity contribution is -0.887. The summed E-state index contributed by atoms with van der Waals surface area (Å²) < 4.78 is 17.3. The fourth-order valence-electron chi connectivity index (χ4n) is 6.65. The Labute approximate surface area is 391 Å². The molecule has 0 radical (unpaired) electrons. The first-order chi connectivity index (χ1) is 31.1. The fraction of sp³-hybridized carbons (Fsp3) is 0.625. The number of allylic oxidation sites excluding steroid dienone is 18. The average molecular weight is 891 g/mol. The van der Waals surface area contributed by atoms with Crippen LogP contribution in [0.5, 0.6) is 0 Å². The van der Waals surface area contributed by atoms with Gasteiger partial charge in [-0.25, -0.2) is 4.79 Å². The van der Waals surface area contributed by atoms with E-state index in [0.717, 1.165) is 89.9 Å². The number of nitrogens with zero attached hydrogens (tertiary/aromatic N) is 1. The van der Waals surface area contributed by atoms with Gasteiger partial charge in [0.2, 0.25) is 0 Å². The SMILES string of the molecule is CC/C=C/C/C=C/C/C=C/C/C=C/C/C=C/CCCC(=O)OCC(COCCC(C(=O)O)[N+](C)(C)C)OC(=O)CCCCCCCCCCCC/C=C/C/C=C/C/C=C/C/C=C/CC. The molecule has 0 aliphatic rings. The number of esters is 2. The van der Waals surface area contributed by atoms with Gasteiger partial charge < -0.3 is 23.8 Å². The van der Waals surface area contributed by atoms with Crippen LogP contribution < -0.4 is 0 Å². The zero-order valence-corrected chi connectivity index (χ0v) is 41.2. The monoisotopic (exact) mass is 891 g/mol. The number of rotatable bonds is 43. The predicted molar refractivity (Wildman–Crippen MR) is 270 cm³/mol. The molecule has 0 amide bonds. The van der Waals surface area contributed by atoms with Crippen molar-refractivity contribution < 1.29 is 38.2 Å². The van der Waals surface area contributed by atoms with Crippen LogP contribution in [0.4, 0.5) is 0 Å². The summed E-state index contributed by atoms with van der Waals surface area (Å²) in [4.78, 5) is 37.1. The van der Waals surface area contributed by atoms with E-state index < -0.39 is 18.1 Å². The van der Waals surface area contributed by atoms with Crippen LogP contribution in [0.2, 0.25) is 0 Å². The Hall–Kier alpha value is -4.01. The zero-order chi connectivity index (χ0) is 47.0. The van der Waals surface area contributed by atoms with Crippen LogP contribution in [0, 0.1) is 0 Å². The maximum Gasteiger partial charge on any atom is 0.362 e. The van der Waals surface area contributed by atoms with Gasteiger partial charge in [0.25, 0.3) is 0 Å². The number of quaternary nitrogens is 1. The minimum Gasteiger partial charge on any atom is -0.477 e. The maximum atomic E-state index is 12.8. The van der Waals surface area contributed by atoms with Crippen LogP contribution in [-0.4, -0.2) is 80.6 Å². The normalized spacial score (nSPS) is 13.8. The summed E-state index contributed by atoms with van der Waals surface area (Å²) in [5, 5.41) is 9.65. The van der Waals surface area contributed by atoms with Gasteiger partial charge in [0.05, 0.1) is 34.4 Å². The second kappa shape index (κ2) is 45.6. The van der Waals surface area contributed by atoms with E-state index in [1.807, 2.05) is 21.1 Å². The molecule has 0 aromatic carbocycles. The number of unbranched alkanes of at least 4 members (excludes halogenated alkanes) is 11. The first-order valence-corrected chi connectivity index (χ1v) is 24.9. The quantitative estimate of drug-likeness (QED) is 0.0282. The van der Waals surface area contributed by atoms with Crippen molar-refractivity contribution in [3.63, 3.8) is 0 Å². The molecule has 362 valence electrons. The van der Waals surface area contributed by atoms with E-state index in [9.17, 15) is 19.5 Å². The molecule has 2 atom stereocenters. The highest BCUT2D eigenvalue weighted by molar-refractivity contribution is 5.72. The average Bonchev–Trinajstić information content (AvgIpc) is 3.26. The lowest BCUT2D eigenvalue weighted by Crippen LogP contribution is -2.50. The maximum absolute atomic E-state index is 12.8. The standard InChI is InChI=1S/C56H91NO7/c1-6-8-10-12-14-16-18-20-22-24-25-26-27-28-29-31-33-35-37-39-41-43-45-47-55(59)64-52(50-62-49-48-53(56(60)61)57(3,4)5)51-63-54(58)46-44-42-40-38-36-34-32-30-23-21-19-17-15-13-11-9-7-2/h8-11,14-17,20-23,25-26,32,34,38,40,52-53H,6-7,12-13,18-19,24,27-31,33,35-37,39,41-51H2,1-5H3/p+1/b10-8+,11-9+,16-14+,17-15+,22-20+,23-21+,26-25+,34-32+,40-38+. The Morgan fingerprint density at radius 2 is 0.844 bits per heavy atom. The number of ether oxygens (including phenoxy) is 3. The van der Waals surface area contributed by atoms with Gasteiger partial charge in [-0.1, -0.05) is 175 Å². The molecular formula is C56H92NO7+. The third kappa shape index (κ3) is 43.3. The molecule has 2 unspecified atom stereocenters. The molecule has 0 saturated heterocycles. The molecule has 0 aliphatic carbocycles. The molecule has 0 bridgehead atoms. The van der Waals surface area contributed by atoms with Gasteiger partial charge in [0, 0.05) is 19.3 Å². The summed E-state index contributed by atoms with van der Waals surface area (Å²) in [5.41, 5.74) is 0. The van der Waals surface area contributed by atoms with E-state index in [4.69, 9.17) is 14.2 Å². The van der Waals surface area contributed by atoms with Gasteiger partial charge in [-0.2, -0.15) is 0 Å². The number of aliphatic carboxylic acids is 1. The Morgan fingerprint density at radius 3 is 1.27 bits per heavy atom. The van der Waals surface area contributed by atoms with Crippen molar-refractivity contribution in [2.24, 2.45) is 0 Å². The number of hydrogen-bond donors (Lipinski definition) is 1. The molecule has 8 nitrogen and oxygen atoms in total. The van der Waals surface area contributed by atoms with Crippen molar-refractivity contribution in [2.75, 3.05) is 41.0 Å². The van der Waals surface area contributed by atoms with Gasteiger partial charge in [-0.05, 0) is 89.9 Å². The first kappa shape index (κ1) is 60.0. The van der Waals surface area contributed by atoms with E-state index in [2.05, 4.69) is 123 Å². The third-order valence-electron chi connectivity index (χ3n) is 10.4. The Morgan fingerprint density at radius 1 is 0.469 bits per heavy atom. The fourth-order valence-corrected chi connectivity index (χ4v) is 6.65. The van der Waals surface area contributed by atoms with Crippen molar-refractivity contribution in [1.29, 1.82) is 0 Å². The van der Waals surface area contributed by atoms with Gasteiger partial charge in [0.15, 0.2) is 12.1 Å². The minimum absolute atomic E-state index is 0.0347. The number of likely N-dealkylation sites (N-methyl/N-ethyl adjacent to an activating group) is 1. The summed E-state index contributed by atoms with van der Waals surface area (Å²) in [5.74, 6) is -1.56. The van der Waals surface area contributed by atoms with Crippen LogP contribution in [0.3, 0.4) is 0 Å². The molecule has 0 saturated carbocycles. The first-order valence-electron chi connectivity index (χ1n) is 24.9. The van der Waals surface area contributed by atoms with Gasteiger partial charge in [-0.15, -0.1) is 0 Å². The highest BCUT2D eigenvalue weighted by Gasteiger charge is 2.31. The zero-order valence-electron chi connectivity index (χ0n) is 41.2. The summed E-state index contributed by atoms with van der Waals surface area (Å²) in [6.45, 7) is 4.43. The van der Waals surface area contributed by atoms with Crippen LogP contribution >= 0.6 is 0 Å². The molecule has 0 fully saturated rings. The van der Waals surface area contributed by atoms with Crippen molar-refractivity contribution >= 4 is 17.9 Å². The minimum atomic E-state index is -0.887. The molecule has 0 rings (SSSR count). The van der Waals surface area contributed by atoms with Gasteiger partial charge >= 0.3 is 17.9 Å². The molecule has 0 aliphatic heterocycles. The summed E-state index contributed by atoms with van der Waals surface area (Å²) >= 11 is 0. The van der Waals surface area contributed by atoms with Crippen LogP contribution in [-0.2, 0) is 28.6 Å². The molecule has 0 aromatic rings. The van der Waals surface area contributed by atoms with Gasteiger partial charge in [-0.3, -0.25) is 9.59 Å². The molecule has 0 aromatic heterocycles. The summed E-state index contributed by atoms with van der Waals surface area (Å²) in [7, 11) is 5.50. The van der Waals surface area contributed by atoms with Crippen molar-refractivity contribution in [3.05, 3.63) is 109 Å². The number of carboxylic acid groups (broad SMARTS) is 1. The van der Waals surface area contributed by atoms with E-state index in [-0.39, 0.29) is 42.7 Å². The smallest absolute Gasteiger partial charge is 0.362 e. The molecule has 64 heavy (non-hydrogen) atoms. The topological polar surface area (TPSA) is 99.1 Å². The highest BCUT2D eigenvalue weighted by atomic mass is 16.6. The van der Waals surface area contributed by atoms with E-state index in [0.29, 0.717) is 19.3 Å². The molecule has 0 spiro atoms.